The van der Waals surface area contributed by atoms with Crippen molar-refractivity contribution in [3.8, 4) is 5.75 Å². The van der Waals surface area contributed by atoms with Crippen molar-refractivity contribution in [3.05, 3.63) is 23.8 Å². The van der Waals surface area contributed by atoms with E-state index in [0.29, 0.717) is 36.5 Å². The minimum absolute atomic E-state index is 0.0438. The lowest BCUT2D eigenvalue weighted by Gasteiger charge is -2.39. The molecule has 1 aliphatic carbocycles. The Morgan fingerprint density at radius 2 is 1.94 bits per heavy atom. The van der Waals surface area contributed by atoms with Gasteiger partial charge in [0.15, 0.2) is 0 Å². The van der Waals surface area contributed by atoms with Crippen LogP contribution in [-0.4, -0.2) is 73.5 Å². The Kier molecular flexibility index (Phi) is 8.35. The van der Waals surface area contributed by atoms with Gasteiger partial charge in [-0.2, -0.15) is 0 Å². The summed E-state index contributed by atoms with van der Waals surface area (Å²) in [6.07, 6.45) is 3.11. The minimum atomic E-state index is -0.213. The van der Waals surface area contributed by atoms with Gasteiger partial charge in [-0.25, -0.2) is 0 Å². The van der Waals surface area contributed by atoms with Crippen LogP contribution in [0.4, 0.5) is 5.69 Å². The quantitative estimate of drug-likeness (QED) is 0.747. The Bertz CT molecular complexity index is 870. The van der Waals surface area contributed by atoms with Crippen LogP contribution in [0.2, 0.25) is 0 Å². The van der Waals surface area contributed by atoms with Crippen LogP contribution in [0.15, 0.2) is 18.2 Å². The van der Waals surface area contributed by atoms with E-state index in [2.05, 4.69) is 12.2 Å². The number of likely N-dealkylation sites (N-methyl/N-ethyl adjacent to an activating group) is 1. The molecule has 0 aromatic heterocycles. The molecule has 3 amide bonds. The smallest absolute Gasteiger partial charge is 0.257 e. The molecule has 1 aliphatic heterocycles. The summed E-state index contributed by atoms with van der Waals surface area (Å²) in [7, 11) is 3.38. The molecule has 1 aromatic carbocycles. The number of carbonyl (C=O) groups is 3. The highest BCUT2D eigenvalue weighted by Gasteiger charge is 2.35. The van der Waals surface area contributed by atoms with Crippen molar-refractivity contribution in [3.63, 3.8) is 0 Å². The van der Waals surface area contributed by atoms with E-state index in [4.69, 9.17) is 9.47 Å². The van der Waals surface area contributed by atoms with E-state index in [1.807, 2.05) is 11.8 Å². The Balaban J connectivity index is 1.94. The lowest BCUT2D eigenvalue weighted by Crippen LogP contribution is -2.51. The van der Waals surface area contributed by atoms with Crippen molar-refractivity contribution in [2.24, 2.45) is 11.8 Å². The number of hydrogen-bond acceptors (Lipinski definition) is 5. The van der Waals surface area contributed by atoms with Crippen LogP contribution in [0.1, 0.15) is 56.8 Å². The maximum Gasteiger partial charge on any atom is 0.257 e. The Labute approximate surface area is 196 Å². The fraction of sp³-hybridized carbons (Fsp3) is 0.640. The summed E-state index contributed by atoms with van der Waals surface area (Å²) in [6, 6.07) is 4.90. The second kappa shape index (κ2) is 11.0. The monoisotopic (exact) mass is 459 g/mol. The maximum atomic E-state index is 13.2. The fourth-order valence-electron chi connectivity index (χ4n) is 4.30. The minimum Gasteiger partial charge on any atom is -0.491 e. The fourth-order valence-corrected chi connectivity index (χ4v) is 4.30. The number of ether oxygens (including phenoxy) is 2. The summed E-state index contributed by atoms with van der Waals surface area (Å²) in [5, 5.41) is 2.82. The number of amides is 3. The molecule has 182 valence electrons. The predicted molar refractivity (Wildman–Crippen MR) is 126 cm³/mol. The van der Waals surface area contributed by atoms with Gasteiger partial charge in [-0.1, -0.05) is 20.3 Å². The van der Waals surface area contributed by atoms with E-state index in [-0.39, 0.29) is 48.3 Å². The molecule has 0 spiro atoms. The summed E-state index contributed by atoms with van der Waals surface area (Å²) in [6.45, 7) is 7.00. The molecule has 1 fully saturated rings. The van der Waals surface area contributed by atoms with Gasteiger partial charge in [0.05, 0.1) is 17.7 Å². The average Bonchev–Trinajstić information content (AvgIpc) is 2.76. The molecule has 1 saturated carbocycles. The van der Waals surface area contributed by atoms with Crippen LogP contribution in [0.3, 0.4) is 0 Å². The van der Waals surface area contributed by atoms with Gasteiger partial charge in [0.1, 0.15) is 12.4 Å². The van der Waals surface area contributed by atoms with E-state index in [1.165, 1.54) is 0 Å². The third kappa shape index (κ3) is 5.85. The molecule has 8 heteroatoms. The Morgan fingerprint density at radius 1 is 1.21 bits per heavy atom. The first-order valence-electron chi connectivity index (χ1n) is 11.9. The van der Waals surface area contributed by atoms with Gasteiger partial charge in [-0.15, -0.1) is 0 Å². The van der Waals surface area contributed by atoms with E-state index in [9.17, 15) is 14.4 Å². The highest BCUT2D eigenvalue weighted by Crippen LogP contribution is 2.31. The Morgan fingerprint density at radius 3 is 2.55 bits per heavy atom. The molecule has 3 rings (SSSR count). The van der Waals surface area contributed by atoms with Gasteiger partial charge >= 0.3 is 0 Å². The van der Waals surface area contributed by atoms with Gasteiger partial charge in [0.2, 0.25) is 11.8 Å². The van der Waals surface area contributed by atoms with Crippen molar-refractivity contribution >= 4 is 23.4 Å². The molecule has 1 N–H and O–H groups in total. The number of methoxy groups -OCH3 is 1. The van der Waals surface area contributed by atoms with E-state index in [0.717, 1.165) is 19.3 Å². The number of benzene rings is 1. The zero-order valence-corrected chi connectivity index (χ0v) is 20.4. The number of carbonyl (C=O) groups excluding carboxylic acids is 3. The third-order valence-corrected chi connectivity index (χ3v) is 6.79. The third-order valence-electron chi connectivity index (χ3n) is 6.79. The molecule has 8 nitrogen and oxygen atoms in total. The number of hydrogen-bond donors (Lipinski definition) is 1. The highest BCUT2D eigenvalue weighted by molar-refractivity contribution is 5.98. The summed E-state index contributed by atoms with van der Waals surface area (Å²) in [5.74, 6) is 0.400. The van der Waals surface area contributed by atoms with E-state index >= 15 is 0 Å². The van der Waals surface area contributed by atoms with Gasteiger partial charge in [-0.05, 0) is 31.9 Å². The second-order valence-electron chi connectivity index (χ2n) is 9.33. The number of nitrogens with zero attached hydrogens (tertiary/aromatic N) is 2. The lowest BCUT2D eigenvalue weighted by molar-refractivity contribution is -0.142. The summed E-state index contributed by atoms with van der Waals surface area (Å²) < 4.78 is 11.9. The molecule has 0 radical (unpaired) electrons. The van der Waals surface area contributed by atoms with Gasteiger partial charge in [0, 0.05) is 57.3 Å². The first kappa shape index (κ1) is 25.0. The molecule has 0 saturated heterocycles. The van der Waals surface area contributed by atoms with Crippen molar-refractivity contribution in [2.75, 3.05) is 39.2 Å². The Hall–Kier alpha value is -2.61. The van der Waals surface area contributed by atoms with Crippen molar-refractivity contribution in [1.29, 1.82) is 0 Å². The van der Waals surface area contributed by atoms with Crippen molar-refractivity contribution in [2.45, 2.75) is 58.6 Å². The first-order chi connectivity index (χ1) is 15.7. The molecule has 3 atom stereocenters. The van der Waals surface area contributed by atoms with Crippen LogP contribution in [0.25, 0.3) is 0 Å². The number of anilines is 1. The largest absolute Gasteiger partial charge is 0.491 e. The van der Waals surface area contributed by atoms with E-state index in [1.54, 1.807) is 44.2 Å². The number of fused-ring (bicyclic) bond motifs is 1. The molecule has 1 heterocycles. The molecule has 0 bridgehead atoms. The van der Waals surface area contributed by atoms with E-state index < -0.39 is 0 Å². The molecule has 2 aliphatic rings. The van der Waals surface area contributed by atoms with Crippen LogP contribution >= 0.6 is 0 Å². The normalized spacial score (nSPS) is 24.6. The van der Waals surface area contributed by atoms with Crippen LogP contribution < -0.4 is 10.1 Å². The summed E-state index contributed by atoms with van der Waals surface area (Å²) >= 11 is 0. The second-order valence-corrected chi connectivity index (χ2v) is 9.33. The van der Waals surface area contributed by atoms with Crippen molar-refractivity contribution in [1.82, 2.24) is 9.80 Å². The number of rotatable bonds is 4. The van der Waals surface area contributed by atoms with Gasteiger partial charge in [0.25, 0.3) is 5.91 Å². The molecule has 1 aromatic rings. The molecule has 33 heavy (non-hydrogen) atoms. The van der Waals surface area contributed by atoms with Crippen molar-refractivity contribution < 1.29 is 23.9 Å². The van der Waals surface area contributed by atoms with Crippen LogP contribution in [0.5, 0.6) is 5.75 Å². The van der Waals surface area contributed by atoms with Crippen LogP contribution in [0, 0.1) is 11.8 Å². The average molecular weight is 460 g/mol. The predicted octanol–water partition coefficient (Wildman–Crippen LogP) is 3.17. The molecular formula is C25H37N3O5. The zero-order valence-electron chi connectivity index (χ0n) is 20.4. The molecule has 0 unspecified atom stereocenters. The summed E-state index contributed by atoms with van der Waals surface area (Å²) in [5.41, 5.74) is 0.987. The lowest BCUT2D eigenvalue weighted by atomic mass is 9.83. The summed E-state index contributed by atoms with van der Waals surface area (Å²) in [4.78, 5) is 41.9. The van der Waals surface area contributed by atoms with Gasteiger partial charge in [-0.3, -0.25) is 14.4 Å². The highest BCUT2D eigenvalue weighted by atomic mass is 16.5. The maximum absolute atomic E-state index is 13.2. The SMILES string of the molecule is CCC(=O)Nc1ccc2c(c1)OC[C@@H](C)N(C(=O)C1CCC1)C[C@@H](C)[C@@H](OC)CN(C)C2=O. The van der Waals surface area contributed by atoms with Crippen LogP contribution in [-0.2, 0) is 14.3 Å². The topological polar surface area (TPSA) is 88.2 Å². The number of nitrogens with one attached hydrogen (secondary N) is 1. The molecular weight excluding hydrogens is 422 g/mol. The standard InChI is InChI=1S/C25H37N3O5/c1-6-23(29)26-19-10-11-20-21(12-19)33-15-17(3)28(24(30)18-8-7-9-18)13-16(2)22(32-5)14-27(4)25(20)31/h10-12,16-18,22H,6-9,13-15H2,1-5H3,(H,26,29)/t16-,17-,22+/m1/s1. The van der Waals surface area contributed by atoms with Gasteiger partial charge < -0.3 is 24.6 Å². The zero-order chi connectivity index (χ0) is 24.1. The first-order valence-corrected chi connectivity index (χ1v) is 11.9.